The summed E-state index contributed by atoms with van der Waals surface area (Å²) in [7, 11) is 0. The molecule has 0 bridgehead atoms. The van der Waals surface area contributed by atoms with Gasteiger partial charge in [-0.2, -0.15) is 0 Å². The molecule has 0 radical (unpaired) electrons. The van der Waals surface area contributed by atoms with E-state index in [2.05, 4.69) is 9.71 Å². The standard InChI is InChI=1S/C15H16N4O4S2/c20-14(11-1-3-12(4-2-11)17-25(22)23)18-6-8-19(9-7-18)15(21)13-16-5-10-24-13/h1-5,10,17H,6-9H2,(H,22,23)/p-1. The summed E-state index contributed by atoms with van der Waals surface area (Å²) in [6, 6.07) is 6.21. The molecule has 1 unspecified atom stereocenters. The molecule has 0 saturated carbocycles. The highest BCUT2D eigenvalue weighted by molar-refractivity contribution is 7.80. The first-order valence-electron chi connectivity index (χ1n) is 7.48. The molecular weight excluding hydrogens is 364 g/mol. The monoisotopic (exact) mass is 379 g/mol. The highest BCUT2D eigenvalue weighted by Gasteiger charge is 2.26. The summed E-state index contributed by atoms with van der Waals surface area (Å²) in [6.07, 6.45) is 1.60. The molecule has 132 valence electrons. The van der Waals surface area contributed by atoms with Crippen LogP contribution in [0.15, 0.2) is 35.8 Å². The lowest BCUT2D eigenvalue weighted by Gasteiger charge is -2.34. The molecule has 1 N–H and O–H groups in total. The SMILES string of the molecule is O=C(c1ccc(NS(=O)[O-])cc1)N1CCN(C(=O)c2nccs2)CC1. The van der Waals surface area contributed by atoms with Gasteiger partial charge in [0.2, 0.25) is 0 Å². The maximum absolute atomic E-state index is 12.5. The second-order valence-electron chi connectivity index (χ2n) is 5.34. The number of rotatable bonds is 4. The molecule has 2 amide bonds. The van der Waals surface area contributed by atoms with Crippen molar-refractivity contribution >= 4 is 40.1 Å². The molecule has 10 heteroatoms. The number of aromatic nitrogens is 1. The predicted molar refractivity (Wildman–Crippen MR) is 92.9 cm³/mol. The summed E-state index contributed by atoms with van der Waals surface area (Å²) < 4.78 is 23.4. The predicted octanol–water partition coefficient (Wildman–Crippen LogP) is 0.947. The lowest BCUT2D eigenvalue weighted by Crippen LogP contribution is -2.50. The van der Waals surface area contributed by atoms with Crippen molar-refractivity contribution in [2.45, 2.75) is 0 Å². The number of carbonyl (C=O) groups is 2. The first kappa shape index (κ1) is 17.5. The van der Waals surface area contributed by atoms with Crippen molar-refractivity contribution in [2.75, 3.05) is 30.9 Å². The van der Waals surface area contributed by atoms with E-state index < -0.39 is 11.3 Å². The van der Waals surface area contributed by atoms with E-state index in [1.54, 1.807) is 33.5 Å². The van der Waals surface area contributed by atoms with Gasteiger partial charge < -0.3 is 19.1 Å². The summed E-state index contributed by atoms with van der Waals surface area (Å²) in [6.45, 7) is 1.80. The first-order chi connectivity index (χ1) is 12.0. The van der Waals surface area contributed by atoms with Crippen LogP contribution in [0.25, 0.3) is 0 Å². The van der Waals surface area contributed by atoms with Crippen molar-refractivity contribution in [3.8, 4) is 0 Å². The molecule has 1 saturated heterocycles. The van der Waals surface area contributed by atoms with Gasteiger partial charge in [-0.25, -0.2) is 4.98 Å². The average Bonchev–Trinajstić information content (AvgIpc) is 3.15. The van der Waals surface area contributed by atoms with Crippen LogP contribution >= 0.6 is 11.3 Å². The smallest absolute Gasteiger partial charge is 0.282 e. The third-order valence-corrected chi connectivity index (χ3v) is 4.97. The van der Waals surface area contributed by atoms with Gasteiger partial charge in [-0.15, -0.1) is 11.3 Å². The van der Waals surface area contributed by atoms with E-state index in [1.165, 1.54) is 23.5 Å². The summed E-state index contributed by atoms with van der Waals surface area (Å²) in [4.78, 5) is 32.1. The van der Waals surface area contributed by atoms with E-state index in [-0.39, 0.29) is 11.8 Å². The van der Waals surface area contributed by atoms with E-state index in [9.17, 15) is 18.4 Å². The molecule has 0 aliphatic carbocycles. The number of anilines is 1. The maximum Gasteiger partial charge on any atom is 0.282 e. The molecule has 1 aliphatic heterocycles. The Morgan fingerprint density at radius 2 is 1.68 bits per heavy atom. The molecule has 1 fully saturated rings. The molecule has 25 heavy (non-hydrogen) atoms. The minimum absolute atomic E-state index is 0.108. The Morgan fingerprint density at radius 1 is 1.08 bits per heavy atom. The lowest BCUT2D eigenvalue weighted by molar-refractivity contribution is 0.0535. The van der Waals surface area contributed by atoms with Crippen molar-refractivity contribution in [3.05, 3.63) is 46.4 Å². The molecule has 1 atom stereocenters. The van der Waals surface area contributed by atoms with Crippen LogP contribution < -0.4 is 4.72 Å². The van der Waals surface area contributed by atoms with Gasteiger partial charge in [0.1, 0.15) is 0 Å². The fraction of sp³-hybridized carbons (Fsp3) is 0.267. The fourth-order valence-corrected chi connectivity index (χ4v) is 3.47. The Hall–Kier alpha value is -2.30. The van der Waals surface area contributed by atoms with Crippen LogP contribution in [0.2, 0.25) is 0 Å². The Kier molecular flexibility index (Phi) is 5.41. The summed E-state index contributed by atoms with van der Waals surface area (Å²) in [5.41, 5.74) is 0.866. The van der Waals surface area contributed by atoms with Gasteiger partial charge in [-0.3, -0.25) is 13.8 Å². The molecule has 1 aromatic carbocycles. The summed E-state index contributed by atoms with van der Waals surface area (Å²) in [5, 5.41) is 2.21. The van der Waals surface area contributed by atoms with Gasteiger partial charge in [-0.1, -0.05) is 0 Å². The average molecular weight is 379 g/mol. The van der Waals surface area contributed by atoms with Crippen LogP contribution in [0.4, 0.5) is 5.69 Å². The van der Waals surface area contributed by atoms with Crippen molar-refractivity contribution < 1.29 is 18.4 Å². The fourth-order valence-electron chi connectivity index (χ4n) is 2.54. The number of benzene rings is 1. The molecule has 2 heterocycles. The Balaban J connectivity index is 1.58. The number of nitrogens with zero attached hydrogens (tertiary/aromatic N) is 3. The minimum atomic E-state index is -2.40. The second kappa shape index (κ2) is 7.72. The van der Waals surface area contributed by atoms with E-state index >= 15 is 0 Å². The maximum atomic E-state index is 12.5. The molecule has 0 spiro atoms. The number of nitrogens with one attached hydrogen (secondary N) is 1. The number of amides is 2. The Morgan fingerprint density at radius 3 is 2.20 bits per heavy atom. The van der Waals surface area contributed by atoms with Crippen molar-refractivity contribution in [2.24, 2.45) is 0 Å². The minimum Gasteiger partial charge on any atom is -0.755 e. The van der Waals surface area contributed by atoms with Crippen LogP contribution in [-0.4, -0.2) is 61.5 Å². The zero-order valence-corrected chi connectivity index (χ0v) is 14.7. The number of thiazole rings is 1. The van der Waals surface area contributed by atoms with E-state index in [1.807, 2.05) is 0 Å². The van der Waals surface area contributed by atoms with Gasteiger partial charge >= 0.3 is 0 Å². The molecule has 1 aromatic heterocycles. The highest BCUT2D eigenvalue weighted by Crippen LogP contribution is 2.15. The molecule has 8 nitrogen and oxygen atoms in total. The summed E-state index contributed by atoms with van der Waals surface area (Å²) in [5.74, 6) is -0.251. The number of piperazine rings is 1. The van der Waals surface area contributed by atoms with Gasteiger partial charge in [-0.05, 0) is 24.3 Å². The third kappa shape index (κ3) is 4.21. The van der Waals surface area contributed by atoms with Gasteiger partial charge in [0.15, 0.2) is 5.01 Å². The van der Waals surface area contributed by atoms with Crippen LogP contribution in [0.5, 0.6) is 0 Å². The first-order valence-corrected chi connectivity index (χ1v) is 9.44. The molecule has 1 aliphatic rings. The molecule has 2 aromatic rings. The van der Waals surface area contributed by atoms with Crippen LogP contribution in [0, 0.1) is 0 Å². The zero-order chi connectivity index (χ0) is 17.8. The molecule has 3 rings (SSSR count). The Labute approximate surface area is 150 Å². The number of hydrogen-bond acceptors (Lipinski definition) is 6. The second-order valence-corrected chi connectivity index (χ2v) is 6.90. The van der Waals surface area contributed by atoms with Crippen molar-refractivity contribution in [3.63, 3.8) is 0 Å². The van der Waals surface area contributed by atoms with E-state index in [0.29, 0.717) is 42.4 Å². The third-order valence-electron chi connectivity index (χ3n) is 3.80. The summed E-state index contributed by atoms with van der Waals surface area (Å²) >= 11 is -1.10. The molecular formula is C15H15N4O4S2-. The normalized spacial score (nSPS) is 15.7. The van der Waals surface area contributed by atoms with Crippen molar-refractivity contribution in [1.82, 2.24) is 14.8 Å². The number of hydrogen-bond donors (Lipinski definition) is 1. The topological polar surface area (TPSA) is 106 Å². The van der Waals surface area contributed by atoms with Gasteiger partial charge in [0.25, 0.3) is 11.8 Å². The largest absolute Gasteiger partial charge is 0.755 e. The van der Waals surface area contributed by atoms with Gasteiger partial charge in [0, 0.05) is 60.3 Å². The van der Waals surface area contributed by atoms with E-state index in [4.69, 9.17) is 0 Å². The van der Waals surface area contributed by atoms with Crippen molar-refractivity contribution in [1.29, 1.82) is 0 Å². The Bertz CT molecular complexity index is 771. The van der Waals surface area contributed by atoms with Crippen LogP contribution in [-0.2, 0) is 11.3 Å². The zero-order valence-electron chi connectivity index (χ0n) is 13.1. The van der Waals surface area contributed by atoms with Crippen LogP contribution in [0.3, 0.4) is 0 Å². The van der Waals surface area contributed by atoms with Gasteiger partial charge in [0.05, 0.1) is 0 Å². The lowest BCUT2D eigenvalue weighted by atomic mass is 10.1. The van der Waals surface area contributed by atoms with E-state index in [0.717, 1.165) is 0 Å². The van der Waals surface area contributed by atoms with Crippen LogP contribution in [0.1, 0.15) is 20.2 Å². The number of carbonyl (C=O) groups excluding carboxylic acids is 2. The quantitative estimate of drug-likeness (QED) is 0.796. The highest BCUT2D eigenvalue weighted by atomic mass is 32.2.